The second kappa shape index (κ2) is 5.53. The van der Waals surface area contributed by atoms with Gasteiger partial charge in [0.25, 0.3) is 5.56 Å². The van der Waals surface area contributed by atoms with E-state index in [0.29, 0.717) is 0 Å². The molecular weight excluding hydrogens is 290 g/mol. The summed E-state index contributed by atoms with van der Waals surface area (Å²) in [6.45, 7) is 0. The first kappa shape index (κ1) is 14.7. The van der Waals surface area contributed by atoms with Crippen LogP contribution in [-0.2, 0) is 22.9 Å². The SMILES string of the molecule is CS(=O)(=O)NC1CCC(n2nc3c(cc2=O)CCC3)CC1. The summed E-state index contributed by atoms with van der Waals surface area (Å²) in [5.41, 5.74) is 2.14. The minimum Gasteiger partial charge on any atom is -0.268 e. The molecule has 0 saturated heterocycles. The number of aryl methyl sites for hydroxylation is 2. The molecule has 0 spiro atoms. The van der Waals surface area contributed by atoms with E-state index in [1.54, 1.807) is 10.7 Å². The van der Waals surface area contributed by atoms with Crippen LogP contribution in [0.3, 0.4) is 0 Å². The smallest absolute Gasteiger partial charge is 0.267 e. The van der Waals surface area contributed by atoms with Crippen LogP contribution in [0.1, 0.15) is 49.4 Å². The Morgan fingerprint density at radius 2 is 1.95 bits per heavy atom. The molecule has 0 aromatic carbocycles. The van der Waals surface area contributed by atoms with E-state index in [2.05, 4.69) is 9.82 Å². The standard InChI is InChI=1S/C14H21N3O3S/c1-21(19,20)16-11-5-7-12(8-6-11)17-14(18)9-10-3-2-4-13(10)15-17/h9,11-12,16H,2-8H2,1H3. The predicted molar refractivity (Wildman–Crippen MR) is 79.8 cm³/mol. The van der Waals surface area contributed by atoms with E-state index < -0.39 is 10.0 Å². The van der Waals surface area contributed by atoms with Crippen molar-refractivity contribution < 1.29 is 8.42 Å². The van der Waals surface area contributed by atoms with E-state index in [0.717, 1.165) is 56.2 Å². The van der Waals surface area contributed by atoms with Crippen molar-refractivity contribution in [2.24, 2.45) is 0 Å². The van der Waals surface area contributed by atoms with Gasteiger partial charge in [0.2, 0.25) is 10.0 Å². The predicted octanol–water partition coefficient (Wildman–Crippen LogP) is 0.765. The van der Waals surface area contributed by atoms with Gasteiger partial charge >= 0.3 is 0 Å². The highest BCUT2D eigenvalue weighted by atomic mass is 32.2. The first-order chi connectivity index (χ1) is 9.92. The van der Waals surface area contributed by atoms with Gasteiger partial charge in [0.1, 0.15) is 0 Å². The van der Waals surface area contributed by atoms with Gasteiger partial charge in [-0.2, -0.15) is 5.10 Å². The van der Waals surface area contributed by atoms with Crippen molar-refractivity contribution in [3.8, 4) is 0 Å². The topological polar surface area (TPSA) is 81.1 Å². The van der Waals surface area contributed by atoms with E-state index in [4.69, 9.17) is 0 Å². The second-order valence-electron chi connectivity index (χ2n) is 6.15. The van der Waals surface area contributed by atoms with Crippen molar-refractivity contribution in [2.45, 2.75) is 57.0 Å². The molecule has 0 aliphatic heterocycles. The lowest BCUT2D eigenvalue weighted by molar-refractivity contribution is 0.284. The van der Waals surface area contributed by atoms with Gasteiger partial charge in [-0.1, -0.05) is 0 Å². The summed E-state index contributed by atoms with van der Waals surface area (Å²) in [5, 5.41) is 4.54. The molecule has 2 aliphatic carbocycles. The fraction of sp³-hybridized carbons (Fsp3) is 0.714. The summed E-state index contributed by atoms with van der Waals surface area (Å²) >= 11 is 0. The molecular formula is C14H21N3O3S. The normalized spacial score (nSPS) is 25.8. The number of hydrogen-bond acceptors (Lipinski definition) is 4. The summed E-state index contributed by atoms with van der Waals surface area (Å²) in [4.78, 5) is 12.2. The molecule has 0 unspecified atom stereocenters. The molecule has 0 bridgehead atoms. The minimum absolute atomic E-state index is 0.0126. The number of fused-ring (bicyclic) bond motifs is 1. The maximum absolute atomic E-state index is 12.2. The molecule has 21 heavy (non-hydrogen) atoms. The first-order valence-corrected chi connectivity index (χ1v) is 9.40. The van der Waals surface area contributed by atoms with Crippen molar-refractivity contribution >= 4 is 10.0 Å². The van der Waals surface area contributed by atoms with Crippen LogP contribution >= 0.6 is 0 Å². The fourth-order valence-electron chi connectivity index (χ4n) is 3.42. The molecule has 0 atom stereocenters. The van der Waals surface area contributed by atoms with Gasteiger partial charge in [-0.05, 0) is 50.5 Å². The van der Waals surface area contributed by atoms with Gasteiger partial charge in [0.15, 0.2) is 0 Å². The Kier molecular flexibility index (Phi) is 3.88. The maximum atomic E-state index is 12.2. The molecule has 116 valence electrons. The molecule has 7 heteroatoms. The molecule has 1 N–H and O–H groups in total. The average Bonchev–Trinajstić information content (AvgIpc) is 2.84. The quantitative estimate of drug-likeness (QED) is 0.894. The highest BCUT2D eigenvalue weighted by Crippen LogP contribution is 2.28. The van der Waals surface area contributed by atoms with Gasteiger partial charge in [-0.15, -0.1) is 0 Å². The lowest BCUT2D eigenvalue weighted by Gasteiger charge is -2.29. The maximum Gasteiger partial charge on any atom is 0.267 e. The molecule has 3 rings (SSSR count). The third-order valence-corrected chi connectivity index (χ3v) is 5.17. The van der Waals surface area contributed by atoms with Crippen molar-refractivity contribution in [2.75, 3.05) is 6.26 Å². The van der Waals surface area contributed by atoms with E-state index in [1.165, 1.54) is 6.26 Å². The summed E-state index contributed by atoms with van der Waals surface area (Å²) < 4.78 is 26.8. The van der Waals surface area contributed by atoms with Crippen molar-refractivity contribution in [3.63, 3.8) is 0 Å². The van der Waals surface area contributed by atoms with Gasteiger partial charge in [0, 0.05) is 12.1 Å². The lowest BCUT2D eigenvalue weighted by atomic mass is 9.92. The number of aromatic nitrogens is 2. The average molecular weight is 311 g/mol. The van der Waals surface area contributed by atoms with Crippen molar-refractivity contribution in [3.05, 3.63) is 27.7 Å². The largest absolute Gasteiger partial charge is 0.268 e. The highest BCUT2D eigenvalue weighted by Gasteiger charge is 2.26. The zero-order chi connectivity index (χ0) is 15.0. The molecule has 6 nitrogen and oxygen atoms in total. The van der Waals surface area contributed by atoms with Crippen LogP contribution in [0.15, 0.2) is 10.9 Å². The van der Waals surface area contributed by atoms with Gasteiger partial charge in [-0.25, -0.2) is 17.8 Å². The van der Waals surface area contributed by atoms with Crippen molar-refractivity contribution in [1.29, 1.82) is 0 Å². The van der Waals surface area contributed by atoms with E-state index >= 15 is 0 Å². The monoisotopic (exact) mass is 311 g/mol. The van der Waals surface area contributed by atoms with Crippen LogP contribution in [0.25, 0.3) is 0 Å². The summed E-state index contributed by atoms with van der Waals surface area (Å²) in [7, 11) is -3.16. The molecule has 0 amide bonds. The molecule has 1 heterocycles. The van der Waals surface area contributed by atoms with E-state index in [9.17, 15) is 13.2 Å². The van der Waals surface area contributed by atoms with Crippen LogP contribution in [0.2, 0.25) is 0 Å². The second-order valence-corrected chi connectivity index (χ2v) is 7.93. The third-order valence-electron chi connectivity index (χ3n) is 4.41. The Balaban J connectivity index is 1.71. The zero-order valence-corrected chi connectivity index (χ0v) is 13.0. The first-order valence-electron chi connectivity index (χ1n) is 7.51. The lowest BCUT2D eigenvalue weighted by Crippen LogP contribution is -2.39. The summed E-state index contributed by atoms with van der Waals surface area (Å²) in [6.07, 6.45) is 7.27. The minimum atomic E-state index is -3.16. The molecule has 0 radical (unpaired) electrons. The number of hydrogen-bond donors (Lipinski definition) is 1. The van der Waals surface area contributed by atoms with Gasteiger partial charge in [0.05, 0.1) is 18.0 Å². The van der Waals surface area contributed by atoms with Crippen LogP contribution in [-0.4, -0.2) is 30.5 Å². The van der Waals surface area contributed by atoms with Crippen LogP contribution < -0.4 is 10.3 Å². The molecule has 1 fully saturated rings. The molecule has 1 aromatic rings. The molecule has 1 saturated carbocycles. The number of nitrogens with zero attached hydrogens (tertiary/aromatic N) is 2. The Morgan fingerprint density at radius 1 is 1.24 bits per heavy atom. The zero-order valence-electron chi connectivity index (χ0n) is 12.2. The Labute approximate surface area is 124 Å². The fourth-order valence-corrected chi connectivity index (χ4v) is 4.26. The highest BCUT2D eigenvalue weighted by molar-refractivity contribution is 7.88. The third kappa shape index (κ3) is 3.35. The van der Waals surface area contributed by atoms with Crippen molar-refractivity contribution in [1.82, 2.24) is 14.5 Å². The Bertz CT molecular complexity index is 688. The Hall–Kier alpha value is -1.21. The summed E-state index contributed by atoms with van der Waals surface area (Å²) in [5.74, 6) is 0. The molecule has 2 aliphatic rings. The number of rotatable bonds is 3. The summed E-state index contributed by atoms with van der Waals surface area (Å²) in [6, 6.07) is 1.82. The van der Waals surface area contributed by atoms with E-state index in [-0.39, 0.29) is 17.6 Å². The number of sulfonamides is 1. The van der Waals surface area contributed by atoms with Gasteiger partial charge in [-0.3, -0.25) is 4.79 Å². The molecule has 1 aromatic heterocycles. The van der Waals surface area contributed by atoms with E-state index in [1.807, 2.05) is 0 Å². The Morgan fingerprint density at radius 3 is 2.62 bits per heavy atom. The van der Waals surface area contributed by atoms with Gasteiger partial charge < -0.3 is 0 Å². The van der Waals surface area contributed by atoms with Crippen LogP contribution in [0.4, 0.5) is 0 Å². The van der Waals surface area contributed by atoms with Crippen LogP contribution in [0, 0.1) is 0 Å². The number of nitrogens with one attached hydrogen (secondary N) is 1. The van der Waals surface area contributed by atoms with Crippen LogP contribution in [0.5, 0.6) is 0 Å².